The number of aromatic nitrogens is 3. The normalized spacial score (nSPS) is 19.2. The van der Waals surface area contributed by atoms with Crippen molar-refractivity contribution in [3.05, 3.63) is 10.3 Å². The molecule has 0 saturated heterocycles. The second kappa shape index (κ2) is 5.27. The van der Waals surface area contributed by atoms with E-state index in [0.717, 1.165) is 24.5 Å². The summed E-state index contributed by atoms with van der Waals surface area (Å²) in [5.74, 6) is 0.814. The highest BCUT2D eigenvalue weighted by atomic mass is 79.9. The van der Waals surface area contributed by atoms with Crippen molar-refractivity contribution in [3.63, 3.8) is 0 Å². The Kier molecular flexibility index (Phi) is 3.97. The van der Waals surface area contributed by atoms with Gasteiger partial charge in [-0.3, -0.25) is 0 Å². The lowest BCUT2D eigenvalue weighted by molar-refractivity contribution is 0.147. The van der Waals surface area contributed by atoms with Crippen LogP contribution >= 0.6 is 15.9 Å². The molecule has 1 aromatic rings. The molecule has 1 atom stereocenters. The molecule has 16 heavy (non-hydrogen) atoms. The van der Waals surface area contributed by atoms with Gasteiger partial charge in [0.1, 0.15) is 5.69 Å². The first-order valence-electron chi connectivity index (χ1n) is 5.91. The molecular weight excluding hydrogens is 270 g/mol. The summed E-state index contributed by atoms with van der Waals surface area (Å²) in [5.41, 5.74) is 0.790. The van der Waals surface area contributed by atoms with Crippen molar-refractivity contribution >= 4 is 15.9 Å². The molecule has 0 bridgehead atoms. The van der Waals surface area contributed by atoms with Gasteiger partial charge in [0.05, 0.1) is 6.10 Å². The third-order valence-corrected chi connectivity index (χ3v) is 4.03. The standard InChI is InChI=1S/C11H18BrN3O/c1-15-10(11(12)13-14-15)9(16)7-6-8-4-2-3-5-8/h8-9,16H,2-7H2,1H3. The van der Waals surface area contributed by atoms with Gasteiger partial charge < -0.3 is 5.11 Å². The third-order valence-electron chi connectivity index (χ3n) is 3.47. The monoisotopic (exact) mass is 287 g/mol. The van der Waals surface area contributed by atoms with Gasteiger partial charge in [-0.25, -0.2) is 4.68 Å². The highest BCUT2D eigenvalue weighted by molar-refractivity contribution is 9.10. The van der Waals surface area contributed by atoms with Gasteiger partial charge in [0.15, 0.2) is 4.60 Å². The fraction of sp³-hybridized carbons (Fsp3) is 0.818. The van der Waals surface area contributed by atoms with Gasteiger partial charge in [-0.1, -0.05) is 30.9 Å². The predicted molar refractivity (Wildman–Crippen MR) is 64.9 cm³/mol. The third kappa shape index (κ3) is 2.63. The maximum absolute atomic E-state index is 10.1. The number of hydrogen-bond donors (Lipinski definition) is 1. The molecule has 1 aromatic heterocycles. The minimum atomic E-state index is -0.449. The van der Waals surface area contributed by atoms with E-state index in [4.69, 9.17) is 0 Å². The van der Waals surface area contributed by atoms with Gasteiger partial charge in [0, 0.05) is 7.05 Å². The smallest absolute Gasteiger partial charge is 0.154 e. The van der Waals surface area contributed by atoms with E-state index in [2.05, 4.69) is 26.2 Å². The van der Waals surface area contributed by atoms with Crippen LogP contribution in [0, 0.1) is 5.92 Å². The molecule has 0 amide bonds. The summed E-state index contributed by atoms with van der Waals surface area (Å²) in [6.07, 6.45) is 6.85. The highest BCUT2D eigenvalue weighted by Gasteiger charge is 2.21. The number of aryl methyl sites for hydroxylation is 1. The second-order valence-electron chi connectivity index (χ2n) is 4.63. The number of hydrogen-bond acceptors (Lipinski definition) is 3. The lowest BCUT2D eigenvalue weighted by atomic mass is 9.99. The van der Waals surface area contributed by atoms with E-state index in [1.54, 1.807) is 4.68 Å². The van der Waals surface area contributed by atoms with E-state index in [0.29, 0.717) is 4.60 Å². The molecule has 1 aliphatic rings. The molecule has 0 aromatic carbocycles. The van der Waals surface area contributed by atoms with Crippen LogP contribution in [-0.4, -0.2) is 20.1 Å². The number of halogens is 1. The topological polar surface area (TPSA) is 50.9 Å². The molecular formula is C11H18BrN3O. The second-order valence-corrected chi connectivity index (χ2v) is 5.38. The lowest BCUT2D eigenvalue weighted by Gasteiger charge is -2.13. The zero-order valence-electron chi connectivity index (χ0n) is 9.56. The summed E-state index contributed by atoms with van der Waals surface area (Å²) in [6.45, 7) is 0. The quantitative estimate of drug-likeness (QED) is 0.926. The average Bonchev–Trinajstić information content (AvgIpc) is 2.86. The first-order chi connectivity index (χ1) is 7.68. The van der Waals surface area contributed by atoms with Crippen molar-refractivity contribution in [1.29, 1.82) is 0 Å². The van der Waals surface area contributed by atoms with E-state index < -0.39 is 6.10 Å². The van der Waals surface area contributed by atoms with Crippen LogP contribution in [0.5, 0.6) is 0 Å². The van der Waals surface area contributed by atoms with Crippen molar-refractivity contribution in [1.82, 2.24) is 15.0 Å². The van der Waals surface area contributed by atoms with E-state index >= 15 is 0 Å². The first-order valence-corrected chi connectivity index (χ1v) is 6.71. The van der Waals surface area contributed by atoms with Crippen molar-refractivity contribution in [3.8, 4) is 0 Å². The van der Waals surface area contributed by atoms with Crippen LogP contribution in [0.4, 0.5) is 0 Å². The number of aliphatic hydroxyl groups excluding tert-OH is 1. The number of nitrogens with zero attached hydrogens (tertiary/aromatic N) is 3. The van der Waals surface area contributed by atoms with Gasteiger partial charge in [-0.15, -0.1) is 5.10 Å². The maximum atomic E-state index is 10.1. The molecule has 1 unspecified atom stereocenters. The SMILES string of the molecule is Cn1nnc(Br)c1C(O)CCC1CCCC1. The molecule has 0 spiro atoms. The molecule has 2 rings (SSSR count). The zero-order valence-corrected chi connectivity index (χ0v) is 11.2. The van der Waals surface area contributed by atoms with Crippen molar-refractivity contribution < 1.29 is 5.11 Å². The first kappa shape index (κ1) is 12.0. The number of aliphatic hydroxyl groups is 1. The molecule has 4 nitrogen and oxygen atoms in total. The van der Waals surface area contributed by atoms with Gasteiger partial charge in [0.2, 0.25) is 0 Å². The van der Waals surface area contributed by atoms with Gasteiger partial charge >= 0.3 is 0 Å². The van der Waals surface area contributed by atoms with E-state index in [1.807, 2.05) is 7.05 Å². The van der Waals surface area contributed by atoms with Crippen molar-refractivity contribution in [2.45, 2.75) is 44.6 Å². The minimum absolute atomic E-state index is 0.449. The fourth-order valence-electron chi connectivity index (χ4n) is 2.52. The van der Waals surface area contributed by atoms with Gasteiger partial charge in [-0.05, 0) is 34.7 Å². The van der Waals surface area contributed by atoms with Crippen molar-refractivity contribution in [2.24, 2.45) is 13.0 Å². The Morgan fingerprint density at radius 3 is 2.75 bits per heavy atom. The Balaban J connectivity index is 1.89. The van der Waals surface area contributed by atoms with Crippen LogP contribution in [0.1, 0.15) is 50.3 Å². The van der Waals surface area contributed by atoms with Crippen LogP contribution in [0.25, 0.3) is 0 Å². The molecule has 0 aliphatic heterocycles. The molecule has 1 saturated carbocycles. The van der Waals surface area contributed by atoms with Gasteiger partial charge in [-0.2, -0.15) is 0 Å². The maximum Gasteiger partial charge on any atom is 0.154 e. The highest BCUT2D eigenvalue weighted by Crippen LogP contribution is 2.32. The van der Waals surface area contributed by atoms with E-state index in [-0.39, 0.29) is 0 Å². The zero-order chi connectivity index (χ0) is 11.5. The Bertz CT molecular complexity index is 327. The summed E-state index contributed by atoms with van der Waals surface area (Å²) >= 11 is 3.32. The molecule has 1 fully saturated rings. The fourth-order valence-corrected chi connectivity index (χ4v) is 3.11. The van der Waals surface area contributed by atoms with E-state index in [9.17, 15) is 5.11 Å². The molecule has 1 heterocycles. The Hall–Kier alpha value is -0.420. The molecule has 5 heteroatoms. The van der Waals surface area contributed by atoms with Crippen LogP contribution in [-0.2, 0) is 7.05 Å². The van der Waals surface area contributed by atoms with Crippen LogP contribution in [0.3, 0.4) is 0 Å². The summed E-state index contributed by atoms with van der Waals surface area (Å²) in [5, 5.41) is 17.9. The lowest BCUT2D eigenvalue weighted by Crippen LogP contribution is -2.07. The minimum Gasteiger partial charge on any atom is -0.387 e. The van der Waals surface area contributed by atoms with Crippen LogP contribution < -0.4 is 0 Å². The molecule has 0 radical (unpaired) electrons. The summed E-state index contributed by atoms with van der Waals surface area (Å²) < 4.78 is 2.30. The summed E-state index contributed by atoms with van der Waals surface area (Å²) in [4.78, 5) is 0. The predicted octanol–water partition coefficient (Wildman–Crippen LogP) is 2.58. The largest absolute Gasteiger partial charge is 0.387 e. The Morgan fingerprint density at radius 1 is 1.50 bits per heavy atom. The molecule has 1 aliphatic carbocycles. The summed E-state index contributed by atoms with van der Waals surface area (Å²) in [6, 6.07) is 0. The van der Waals surface area contributed by atoms with E-state index in [1.165, 1.54) is 25.7 Å². The van der Waals surface area contributed by atoms with Crippen LogP contribution in [0.15, 0.2) is 4.60 Å². The van der Waals surface area contributed by atoms with Gasteiger partial charge in [0.25, 0.3) is 0 Å². The van der Waals surface area contributed by atoms with Crippen LogP contribution in [0.2, 0.25) is 0 Å². The molecule has 90 valence electrons. The molecule has 1 N–H and O–H groups in total. The summed E-state index contributed by atoms with van der Waals surface area (Å²) in [7, 11) is 1.81. The Labute approximate surface area is 104 Å². The number of rotatable bonds is 4. The van der Waals surface area contributed by atoms with Crippen molar-refractivity contribution in [2.75, 3.05) is 0 Å². The average molecular weight is 288 g/mol. The Morgan fingerprint density at radius 2 is 2.19 bits per heavy atom.